The van der Waals surface area contributed by atoms with E-state index >= 15 is 0 Å². The summed E-state index contributed by atoms with van der Waals surface area (Å²) < 4.78 is 25.7. The minimum atomic E-state index is -3.80. The number of hydrogen-bond donors (Lipinski definition) is 2. The van der Waals surface area contributed by atoms with E-state index in [9.17, 15) is 13.2 Å². The van der Waals surface area contributed by atoms with Gasteiger partial charge in [-0.25, -0.2) is 12.7 Å². The van der Waals surface area contributed by atoms with Crippen LogP contribution in [-0.2, 0) is 10.0 Å². The molecule has 24 heavy (non-hydrogen) atoms. The van der Waals surface area contributed by atoms with Gasteiger partial charge in [0.15, 0.2) is 0 Å². The number of anilines is 2. The number of nitrogens with one attached hydrogen (secondary N) is 1. The molecule has 0 atom stereocenters. The lowest BCUT2D eigenvalue weighted by atomic mass is 10.1. The summed E-state index contributed by atoms with van der Waals surface area (Å²) in [7, 11) is -1.03. The Morgan fingerprint density at radius 2 is 1.83 bits per heavy atom. The van der Waals surface area contributed by atoms with E-state index in [-0.39, 0.29) is 21.2 Å². The number of amides is 1. The molecule has 0 radical (unpaired) electrons. The van der Waals surface area contributed by atoms with Crippen molar-refractivity contribution in [1.29, 1.82) is 0 Å². The normalized spacial score (nSPS) is 11.5. The summed E-state index contributed by atoms with van der Waals surface area (Å²) in [4.78, 5) is 12.3. The average molecular weight is 368 g/mol. The fourth-order valence-corrected chi connectivity index (χ4v) is 3.49. The predicted molar refractivity (Wildman–Crippen MR) is 95.9 cm³/mol. The summed E-state index contributed by atoms with van der Waals surface area (Å²) in [5.41, 5.74) is 7.49. The van der Waals surface area contributed by atoms with E-state index in [1.54, 1.807) is 12.1 Å². The van der Waals surface area contributed by atoms with Crippen LogP contribution in [-0.4, -0.2) is 32.7 Å². The Kier molecular flexibility index (Phi) is 5.17. The second-order valence-corrected chi connectivity index (χ2v) is 7.95. The van der Waals surface area contributed by atoms with Crippen molar-refractivity contribution >= 4 is 38.9 Å². The molecule has 0 saturated carbocycles. The molecular weight excluding hydrogens is 350 g/mol. The fourth-order valence-electron chi connectivity index (χ4n) is 2.06. The van der Waals surface area contributed by atoms with E-state index in [2.05, 4.69) is 5.32 Å². The molecule has 8 heteroatoms. The number of hydrogen-bond acceptors (Lipinski definition) is 4. The fraction of sp³-hybridized carbons (Fsp3) is 0.188. The number of rotatable bonds is 4. The van der Waals surface area contributed by atoms with E-state index in [1.807, 2.05) is 19.1 Å². The molecule has 2 rings (SSSR count). The quantitative estimate of drug-likeness (QED) is 0.812. The van der Waals surface area contributed by atoms with E-state index < -0.39 is 15.9 Å². The Morgan fingerprint density at radius 1 is 1.21 bits per heavy atom. The van der Waals surface area contributed by atoms with E-state index in [1.165, 1.54) is 26.2 Å². The van der Waals surface area contributed by atoms with Crippen molar-refractivity contribution < 1.29 is 13.2 Å². The molecule has 0 saturated heterocycles. The summed E-state index contributed by atoms with van der Waals surface area (Å²) in [6.45, 7) is 1.85. The van der Waals surface area contributed by atoms with Crippen LogP contribution in [0.5, 0.6) is 0 Å². The Labute approximate surface area is 146 Å². The minimum absolute atomic E-state index is 0.0337. The van der Waals surface area contributed by atoms with Crippen molar-refractivity contribution in [1.82, 2.24) is 4.31 Å². The first kappa shape index (κ1) is 18.3. The van der Waals surface area contributed by atoms with Crippen LogP contribution in [0.3, 0.4) is 0 Å². The molecule has 0 fully saturated rings. The van der Waals surface area contributed by atoms with E-state index in [0.29, 0.717) is 5.69 Å². The van der Waals surface area contributed by atoms with E-state index in [0.717, 1.165) is 9.87 Å². The second-order valence-electron chi connectivity index (χ2n) is 5.43. The van der Waals surface area contributed by atoms with Crippen LogP contribution in [0.25, 0.3) is 0 Å². The number of carbonyl (C=O) groups excluding carboxylic acids is 1. The van der Waals surface area contributed by atoms with E-state index in [4.69, 9.17) is 17.3 Å². The molecule has 3 N–H and O–H groups in total. The number of nitrogens with two attached hydrogens (primary N) is 1. The molecule has 0 bridgehead atoms. The molecule has 2 aromatic carbocycles. The van der Waals surface area contributed by atoms with Crippen LogP contribution in [0.1, 0.15) is 15.9 Å². The maximum atomic E-state index is 12.5. The third kappa shape index (κ3) is 3.53. The molecule has 0 aliphatic heterocycles. The zero-order valence-electron chi connectivity index (χ0n) is 13.5. The maximum absolute atomic E-state index is 12.5. The number of carbonyl (C=O) groups is 1. The smallest absolute Gasteiger partial charge is 0.257 e. The summed E-state index contributed by atoms with van der Waals surface area (Å²) in [6, 6.07) is 9.70. The van der Waals surface area contributed by atoms with Gasteiger partial charge in [-0.3, -0.25) is 4.79 Å². The monoisotopic (exact) mass is 367 g/mol. The van der Waals surface area contributed by atoms with Gasteiger partial charge in [-0.1, -0.05) is 29.8 Å². The van der Waals surface area contributed by atoms with Crippen LogP contribution >= 0.6 is 11.6 Å². The highest BCUT2D eigenvalue weighted by Gasteiger charge is 2.24. The van der Waals surface area contributed by atoms with Gasteiger partial charge in [0.05, 0.1) is 10.6 Å². The van der Waals surface area contributed by atoms with Crippen molar-refractivity contribution in [3.8, 4) is 0 Å². The predicted octanol–water partition coefficient (Wildman–Crippen LogP) is 2.73. The zero-order chi connectivity index (χ0) is 18.1. The molecule has 0 aliphatic rings. The summed E-state index contributed by atoms with van der Waals surface area (Å²) >= 11 is 6.00. The van der Waals surface area contributed by atoms with Gasteiger partial charge in [-0.15, -0.1) is 0 Å². The van der Waals surface area contributed by atoms with Crippen LogP contribution in [0.2, 0.25) is 5.02 Å². The van der Waals surface area contributed by atoms with Gasteiger partial charge in [0, 0.05) is 25.5 Å². The van der Waals surface area contributed by atoms with Crippen LogP contribution < -0.4 is 11.1 Å². The third-order valence-corrected chi connectivity index (χ3v) is 5.78. The summed E-state index contributed by atoms with van der Waals surface area (Å²) in [5.74, 6) is -0.506. The molecule has 0 spiro atoms. The van der Waals surface area contributed by atoms with Crippen LogP contribution in [0, 0.1) is 6.92 Å². The van der Waals surface area contributed by atoms with Crippen LogP contribution in [0.4, 0.5) is 11.4 Å². The standard InChI is InChI=1S/C16H18ClN3O3S/c1-10-6-4-5-7-14(10)19-16(21)11-8-15(12(17)9-13(11)18)24(22,23)20(2)3/h4-9H,18H2,1-3H3,(H,19,21). The number of para-hydroxylation sites is 1. The van der Waals surface area contributed by atoms with Gasteiger partial charge in [0.25, 0.3) is 5.91 Å². The number of aryl methyl sites for hydroxylation is 1. The van der Waals surface area contributed by atoms with Gasteiger partial charge in [-0.05, 0) is 30.7 Å². The summed E-state index contributed by atoms with van der Waals surface area (Å²) in [5, 5.41) is 2.69. The van der Waals surface area contributed by atoms with Gasteiger partial charge >= 0.3 is 0 Å². The highest BCUT2D eigenvalue weighted by molar-refractivity contribution is 7.89. The largest absolute Gasteiger partial charge is 0.398 e. The number of halogens is 1. The molecule has 6 nitrogen and oxygen atoms in total. The SMILES string of the molecule is Cc1ccccc1NC(=O)c1cc(S(=O)(=O)N(C)C)c(Cl)cc1N. The third-order valence-electron chi connectivity index (χ3n) is 3.50. The van der Waals surface area contributed by atoms with Crippen molar-refractivity contribution in [3.63, 3.8) is 0 Å². The number of benzene rings is 2. The maximum Gasteiger partial charge on any atom is 0.257 e. The molecule has 0 unspecified atom stereocenters. The molecule has 2 aromatic rings. The Bertz CT molecular complexity index is 895. The molecule has 0 aliphatic carbocycles. The van der Waals surface area contributed by atoms with Gasteiger partial charge in [0.2, 0.25) is 10.0 Å². The first-order valence-electron chi connectivity index (χ1n) is 7.03. The lowest BCUT2D eigenvalue weighted by Crippen LogP contribution is -2.23. The number of nitrogens with zero attached hydrogens (tertiary/aromatic N) is 1. The molecular formula is C16H18ClN3O3S. The lowest BCUT2D eigenvalue weighted by molar-refractivity contribution is 0.102. The Hall–Kier alpha value is -2.09. The highest BCUT2D eigenvalue weighted by atomic mass is 35.5. The second kappa shape index (κ2) is 6.80. The first-order valence-corrected chi connectivity index (χ1v) is 8.85. The van der Waals surface area contributed by atoms with Crippen molar-refractivity contribution in [2.24, 2.45) is 0 Å². The minimum Gasteiger partial charge on any atom is -0.398 e. The van der Waals surface area contributed by atoms with Gasteiger partial charge in [-0.2, -0.15) is 0 Å². The topological polar surface area (TPSA) is 92.5 Å². The molecule has 128 valence electrons. The number of nitrogen functional groups attached to an aromatic ring is 1. The zero-order valence-corrected chi connectivity index (χ0v) is 15.1. The summed E-state index contributed by atoms with van der Waals surface area (Å²) in [6.07, 6.45) is 0. The molecule has 0 aromatic heterocycles. The van der Waals surface area contributed by atoms with Crippen molar-refractivity contribution in [3.05, 3.63) is 52.5 Å². The highest BCUT2D eigenvalue weighted by Crippen LogP contribution is 2.29. The molecule has 0 heterocycles. The Balaban J connectivity index is 2.48. The first-order chi connectivity index (χ1) is 11.1. The molecule has 1 amide bonds. The van der Waals surface area contributed by atoms with Crippen LogP contribution in [0.15, 0.2) is 41.3 Å². The average Bonchev–Trinajstić information content (AvgIpc) is 2.49. The Morgan fingerprint density at radius 3 is 2.42 bits per heavy atom. The lowest BCUT2D eigenvalue weighted by Gasteiger charge is -2.15. The van der Waals surface area contributed by atoms with Gasteiger partial charge < -0.3 is 11.1 Å². The van der Waals surface area contributed by atoms with Crippen molar-refractivity contribution in [2.45, 2.75) is 11.8 Å². The number of sulfonamides is 1. The van der Waals surface area contributed by atoms with Crippen molar-refractivity contribution in [2.75, 3.05) is 25.1 Å². The van der Waals surface area contributed by atoms with Gasteiger partial charge in [0.1, 0.15) is 4.90 Å².